The van der Waals surface area contributed by atoms with E-state index < -0.39 is 0 Å². The minimum atomic E-state index is 0.0366. The Hall–Kier alpha value is -1.10. The second kappa shape index (κ2) is 4.61. The van der Waals surface area contributed by atoms with Gasteiger partial charge in [0.1, 0.15) is 5.01 Å². The summed E-state index contributed by atoms with van der Waals surface area (Å²) in [6, 6.07) is 0.0366. The molecular weight excluding hydrogens is 210 g/mol. The number of nitrogens with zero attached hydrogens (tertiary/aromatic N) is 2. The Bertz CT molecular complexity index is 350. The molecule has 1 aromatic rings. The maximum Gasteiger partial charge on any atom is 0.317 e. The number of nitrogens with one attached hydrogen (secondary N) is 1. The summed E-state index contributed by atoms with van der Waals surface area (Å²) in [6.07, 6.45) is 3.95. The van der Waals surface area contributed by atoms with Crippen molar-refractivity contribution in [1.82, 2.24) is 15.2 Å². The van der Waals surface area contributed by atoms with Crippen LogP contribution in [-0.4, -0.2) is 29.0 Å². The van der Waals surface area contributed by atoms with Crippen LogP contribution in [0.15, 0.2) is 6.20 Å². The van der Waals surface area contributed by atoms with Crippen molar-refractivity contribution in [1.29, 1.82) is 0 Å². The second-order valence-corrected chi connectivity index (χ2v) is 4.78. The number of aromatic nitrogens is 1. The van der Waals surface area contributed by atoms with Crippen LogP contribution in [0.2, 0.25) is 0 Å². The third-order valence-electron chi connectivity index (χ3n) is 2.44. The Morgan fingerprint density at radius 3 is 3.20 bits per heavy atom. The molecule has 15 heavy (non-hydrogen) atoms. The Labute approximate surface area is 93.3 Å². The van der Waals surface area contributed by atoms with Crippen LogP contribution in [0, 0.1) is 0 Å². The highest BCUT2D eigenvalue weighted by atomic mass is 32.1. The van der Waals surface area contributed by atoms with E-state index in [0.29, 0.717) is 6.54 Å². The molecule has 1 aliphatic heterocycles. The van der Waals surface area contributed by atoms with E-state index in [1.54, 1.807) is 11.3 Å². The van der Waals surface area contributed by atoms with Crippen molar-refractivity contribution in [2.45, 2.75) is 26.3 Å². The van der Waals surface area contributed by atoms with Gasteiger partial charge in [0.25, 0.3) is 0 Å². The molecule has 82 valence electrons. The molecule has 0 unspecified atom stereocenters. The Morgan fingerprint density at radius 1 is 1.67 bits per heavy atom. The van der Waals surface area contributed by atoms with Crippen molar-refractivity contribution in [3.8, 4) is 0 Å². The fourth-order valence-electron chi connectivity index (χ4n) is 1.58. The minimum absolute atomic E-state index is 0.0366. The maximum absolute atomic E-state index is 11.5. The molecule has 0 bridgehead atoms. The number of thiazole rings is 1. The number of rotatable bonds is 3. The van der Waals surface area contributed by atoms with Crippen LogP contribution in [0.5, 0.6) is 0 Å². The van der Waals surface area contributed by atoms with Crippen molar-refractivity contribution in [3.05, 3.63) is 16.1 Å². The standard InChI is InChI=1S/C10H15N3OS/c1-2-8-6-12-9(15-8)7-13-5-3-4-11-10(13)14/h6H,2-5,7H2,1H3,(H,11,14). The molecule has 1 saturated heterocycles. The van der Waals surface area contributed by atoms with Gasteiger partial charge in [0.2, 0.25) is 0 Å². The van der Waals surface area contributed by atoms with Gasteiger partial charge in [-0.3, -0.25) is 0 Å². The van der Waals surface area contributed by atoms with Gasteiger partial charge in [0.05, 0.1) is 6.54 Å². The molecule has 0 spiro atoms. The highest BCUT2D eigenvalue weighted by Gasteiger charge is 2.18. The van der Waals surface area contributed by atoms with E-state index in [2.05, 4.69) is 17.2 Å². The fourth-order valence-corrected chi connectivity index (χ4v) is 2.46. The van der Waals surface area contributed by atoms with Crippen LogP contribution >= 0.6 is 11.3 Å². The molecule has 0 atom stereocenters. The SMILES string of the molecule is CCc1cnc(CN2CCCNC2=O)s1. The Kier molecular flexibility index (Phi) is 3.20. The molecule has 0 radical (unpaired) electrons. The van der Waals surface area contributed by atoms with E-state index in [1.165, 1.54) is 4.88 Å². The fraction of sp³-hybridized carbons (Fsp3) is 0.600. The van der Waals surface area contributed by atoms with Crippen LogP contribution in [0.1, 0.15) is 23.2 Å². The predicted molar refractivity (Wildman–Crippen MR) is 59.9 cm³/mol. The zero-order chi connectivity index (χ0) is 10.7. The molecule has 1 aliphatic rings. The first-order chi connectivity index (χ1) is 7.29. The van der Waals surface area contributed by atoms with E-state index in [4.69, 9.17) is 0 Å². The first-order valence-corrected chi connectivity index (χ1v) is 6.07. The summed E-state index contributed by atoms with van der Waals surface area (Å²) in [4.78, 5) is 18.9. The topological polar surface area (TPSA) is 45.2 Å². The summed E-state index contributed by atoms with van der Waals surface area (Å²) in [5.41, 5.74) is 0. The maximum atomic E-state index is 11.5. The summed E-state index contributed by atoms with van der Waals surface area (Å²) in [6.45, 7) is 4.40. The molecule has 2 heterocycles. The lowest BCUT2D eigenvalue weighted by Gasteiger charge is -2.26. The van der Waals surface area contributed by atoms with Crippen LogP contribution in [-0.2, 0) is 13.0 Å². The number of aryl methyl sites for hydroxylation is 1. The highest BCUT2D eigenvalue weighted by molar-refractivity contribution is 7.11. The average molecular weight is 225 g/mol. The number of carbonyl (C=O) groups is 1. The molecular formula is C10H15N3OS. The number of hydrogen-bond donors (Lipinski definition) is 1. The van der Waals surface area contributed by atoms with Gasteiger partial charge in [-0.25, -0.2) is 9.78 Å². The summed E-state index contributed by atoms with van der Waals surface area (Å²) in [7, 11) is 0. The highest BCUT2D eigenvalue weighted by Crippen LogP contribution is 2.16. The van der Waals surface area contributed by atoms with Gasteiger partial charge in [-0.05, 0) is 12.8 Å². The van der Waals surface area contributed by atoms with E-state index in [1.807, 2.05) is 11.1 Å². The average Bonchev–Trinajstić information content (AvgIpc) is 2.69. The molecule has 5 heteroatoms. The zero-order valence-electron chi connectivity index (χ0n) is 8.82. The quantitative estimate of drug-likeness (QED) is 0.849. The molecule has 0 saturated carbocycles. The lowest BCUT2D eigenvalue weighted by Crippen LogP contribution is -2.45. The van der Waals surface area contributed by atoms with Gasteiger partial charge in [0, 0.05) is 24.2 Å². The summed E-state index contributed by atoms with van der Waals surface area (Å²) < 4.78 is 0. The first kappa shape index (κ1) is 10.4. The number of hydrogen-bond acceptors (Lipinski definition) is 3. The third kappa shape index (κ3) is 2.47. The van der Waals surface area contributed by atoms with Crippen molar-refractivity contribution >= 4 is 17.4 Å². The normalized spacial score (nSPS) is 16.6. The van der Waals surface area contributed by atoms with Crippen molar-refractivity contribution in [2.75, 3.05) is 13.1 Å². The van der Waals surface area contributed by atoms with Crippen molar-refractivity contribution in [3.63, 3.8) is 0 Å². The Balaban J connectivity index is 1.98. The van der Waals surface area contributed by atoms with E-state index >= 15 is 0 Å². The number of carbonyl (C=O) groups excluding carboxylic acids is 1. The predicted octanol–water partition coefficient (Wildman–Crippen LogP) is 1.62. The van der Waals surface area contributed by atoms with E-state index in [0.717, 1.165) is 30.9 Å². The molecule has 2 amide bonds. The number of amides is 2. The second-order valence-electron chi connectivity index (χ2n) is 3.58. The van der Waals surface area contributed by atoms with Gasteiger partial charge < -0.3 is 10.2 Å². The largest absolute Gasteiger partial charge is 0.338 e. The van der Waals surface area contributed by atoms with Gasteiger partial charge in [-0.15, -0.1) is 11.3 Å². The summed E-state index contributed by atoms with van der Waals surface area (Å²) in [5.74, 6) is 0. The van der Waals surface area contributed by atoms with Crippen molar-refractivity contribution < 1.29 is 4.79 Å². The molecule has 2 rings (SSSR count). The molecule has 0 aromatic carbocycles. The summed E-state index contributed by atoms with van der Waals surface area (Å²) in [5, 5.41) is 3.87. The van der Waals surface area contributed by atoms with Gasteiger partial charge in [-0.2, -0.15) is 0 Å². The lowest BCUT2D eigenvalue weighted by atomic mass is 10.3. The molecule has 1 fully saturated rings. The van der Waals surface area contributed by atoms with Crippen molar-refractivity contribution in [2.24, 2.45) is 0 Å². The lowest BCUT2D eigenvalue weighted by molar-refractivity contribution is 0.183. The zero-order valence-corrected chi connectivity index (χ0v) is 9.64. The molecule has 1 aromatic heterocycles. The van der Waals surface area contributed by atoms with Crippen LogP contribution < -0.4 is 5.32 Å². The molecule has 0 aliphatic carbocycles. The van der Waals surface area contributed by atoms with Crippen LogP contribution in [0.4, 0.5) is 4.79 Å². The Morgan fingerprint density at radius 2 is 2.53 bits per heavy atom. The van der Waals surface area contributed by atoms with Gasteiger partial charge >= 0.3 is 6.03 Å². The first-order valence-electron chi connectivity index (χ1n) is 5.26. The molecule has 1 N–H and O–H groups in total. The van der Waals surface area contributed by atoms with E-state index in [-0.39, 0.29) is 6.03 Å². The summed E-state index contributed by atoms with van der Waals surface area (Å²) >= 11 is 1.70. The van der Waals surface area contributed by atoms with Crippen LogP contribution in [0.25, 0.3) is 0 Å². The van der Waals surface area contributed by atoms with E-state index in [9.17, 15) is 4.79 Å². The smallest absolute Gasteiger partial charge is 0.317 e. The minimum Gasteiger partial charge on any atom is -0.338 e. The van der Waals surface area contributed by atoms with Crippen LogP contribution in [0.3, 0.4) is 0 Å². The monoisotopic (exact) mass is 225 g/mol. The molecule has 4 nitrogen and oxygen atoms in total. The van der Waals surface area contributed by atoms with Gasteiger partial charge in [-0.1, -0.05) is 6.92 Å². The number of urea groups is 1. The third-order valence-corrected chi connectivity index (χ3v) is 3.57. The van der Waals surface area contributed by atoms with Gasteiger partial charge in [0.15, 0.2) is 0 Å².